The first-order valence-electron chi connectivity index (χ1n) is 10.3. The highest BCUT2D eigenvalue weighted by molar-refractivity contribution is 5.80. The van der Waals surface area contributed by atoms with Crippen LogP contribution in [0.3, 0.4) is 0 Å². The summed E-state index contributed by atoms with van der Waals surface area (Å²) in [7, 11) is 1.31. The lowest BCUT2D eigenvalue weighted by atomic mass is 10.0. The molecule has 0 aliphatic heterocycles. The average Bonchev–Trinajstić information content (AvgIpc) is 2.58. The number of carbonyl (C=O) groups is 1. The van der Waals surface area contributed by atoms with Gasteiger partial charge in [-0.2, -0.15) is 0 Å². The van der Waals surface area contributed by atoms with Crippen LogP contribution in [0.15, 0.2) is 12.7 Å². The molecule has 2 heteroatoms. The van der Waals surface area contributed by atoms with Gasteiger partial charge < -0.3 is 4.74 Å². The number of rotatable bonds is 15. The van der Waals surface area contributed by atoms with E-state index < -0.39 is 5.97 Å². The van der Waals surface area contributed by atoms with Gasteiger partial charge in [0.1, 0.15) is 0 Å². The minimum Gasteiger partial charge on any atom is -0.466 e. The van der Waals surface area contributed by atoms with Crippen LogP contribution in [0.5, 0.6) is 0 Å². The minimum absolute atomic E-state index is 0.394. The molecular weight excluding hydrogens is 296 g/mol. The van der Waals surface area contributed by atoms with Gasteiger partial charge in [0.25, 0.3) is 0 Å². The van der Waals surface area contributed by atoms with Crippen molar-refractivity contribution in [3.8, 4) is 0 Å². The Morgan fingerprint density at radius 3 is 1.46 bits per heavy atom. The molecule has 0 unspecified atom stereocenters. The second-order valence-electron chi connectivity index (χ2n) is 7.15. The minimum atomic E-state index is -0.394. The number of methoxy groups -OCH3 is 1. The van der Waals surface area contributed by atoms with Crippen molar-refractivity contribution in [3.05, 3.63) is 12.7 Å². The molecule has 0 aromatic heterocycles. The monoisotopic (exact) mass is 340 g/mol. The molecule has 0 aliphatic rings. The SMILES string of the molecule is C=CC(=O)OC.CCCCCCCCCCCCCCCC(C)C. The summed E-state index contributed by atoms with van der Waals surface area (Å²) >= 11 is 0. The smallest absolute Gasteiger partial charge is 0.329 e. The number of hydrogen-bond donors (Lipinski definition) is 0. The molecule has 144 valence electrons. The summed E-state index contributed by atoms with van der Waals surface area (Å²) in [5.74, 6) is 0.507. The van der Waals surface area contributed by atoms with Crippen molar-refractivity contribution in [2.24, 2.45) is 5.92 Å². The Kier molecular flexibility index (Phi) is 23.6. The van der Waals surface area contributed by atoms with Crippen molar-refractivity contribution in [1.82, 2.24) is 0 Å². The molecule has 0 N–H and O–H groups in total. The first-order chi connectivity index (χ1) is 11.6. The van der Waals surface area contributed by atoms with Gasteiger partial charge in [-0.3, -0.25) is 0 Å². The van der Waals surface area contributed by atoms with E-state index in [2.05, 4.69) is 32.1 Å². The first-order valence-corrected chi connectivity index (χ1v) is 10.3. The number of ether oxygens (including phenoxy) is 1. The van der Waals surface area contributed by atoms with Gasteiger partial charge in [-0.25, -0.2) is 4.79 Å². The quantitative estimate of drug-likeness (QED) is 0.175. The normalized spacial score (nSPS) is 10.2. The molecule has 0 bridgehead atoms. The Hall–Kier alpha value is -0.790. The van der Waals surface area contributed by atoms with Crippen LogP contribution < -0.4 is 0 Å². The van der Waals surface area contributed by atoms with Crippen LogP contribution in [0, 0.1) is 5.92 Å². The molecule has 0 aromatic carbocycles. The molecule has 0 saturated heterocycles. The summed E-state index contributed by atoms with van der Waals surface area (Å²) in [6, 6.07) is 0. The van der Waals surface area contributed by atoms with Gasteiger partial charge in [0.2, 0.25) is 0 Å². The Labute approximate surface area is 152 Å². The van der Waals surface area contributed by atoms with Crippen LogP contribution in [-0.2, 0) is 9.53 Å². The van der Waals surface area contributed by atoms with Gasteiger partial charge in [0.05, 0.1) is 7.11 Å². The summed E-state index contributed by atoms with van der Waals surface area (Å²) in [5.41, 5.74) is 0. The van der Waals surface area contributed by atoms with E-state index in [-0.39, 0.29) is 0 Å². The van der Waals surface area contributed by atoms with Gasteiger partial charge in [-0.05, 0) is 5.92 Å². The predicted octanol–water partition coefficient (Wildman–Crippen LogP) is 7.47. The second kappa shape index (κ2) is 22.2. The van der Waals surface area contributed by atoms with Gasteiger partial charge in [-0.15, -0.1) is 0 Å². The molecule has 0 aliphatic carbocycles. The van der Waals surface area contributed by atoms with E-state index in [1.807, 2.05) is 0 Å². The zero-order valence-corrected chi connectivity index (χ0v) is 17.1. The van der Waals surface area contributed by atoms with Crippen molar-refractivity contribution in [1.29, 1.82) is 0 Å². The van der Waals surface area contributed by atoms with Gasteiger partial charge in [-0.1, -0.05) is 117 Å². The molecule has 0 radical (unpaired) electrons. The second-order valence-corrected chi connectivity index (χ2v) is 7.15. The highest BCUT2D eigenvalue weighted by atomic mass is 16.5. The van der Waals surface area contributed by atoms with E-state index in [9.17, 15) is 4.79 Å². The molecule has 0 saturated carbocycles. The van der Waals surface area contributed by atoms with Crippen molar-refractivity contribution in [3.63, 3.8) is 0 Å². The largest absolute Gasteiger partial charge is 0.466 e. The molecule has 0 spiro atoms. The van der Waals surface area contributed by atoms with Crippen molar-refractivity contribution in [2.75, 3.05) is 7.11 Å². The van der Waals surface area contributed by atoms with Crippen LogP contribution in [0.1, 0.15) is 111 Å². The standard InChI is InChI=1S/C18H38.C4H6O2/c1-4-5-6-7-8-9-10-11-12-13-14-15-16-17-18(2)3;1-3-4(5)6-2/h18H,4-17H2,1-3H3;3H,1H2,2H3. The van der Waals surface area contributed by atoms with Gasteiger partial charge in [0, 0.05) is 6.08 Å². The summed E-state index contributed by atoms with van der Waals surface area (Å²) < 4.78 is 4.14. The lowest BCUT2D eigenvalue weighted by molar-refractivity contribution is -0.134. The fourth-order valence-electron chi connectivity index (χ4n) is 2.65. The summed E-state index contributed by atoms with van der Waals surface area (Å²) in [4.78, 5) is 9.84. The van der Waals surface area contributed by atoms with E-state index in [4.69, 9.17) is 0 Å². The molecular formula is C22H44O2. The molecule has 0 rings (SSSR count). The van der Waals surface area contributed by atoms with Gasteiger partial charge in [0.15, 0.2) is 0 Å². The van der Waals surface area contributed by atoms with Crippen LogP contribution in [0.4, 0.5) is 0 Å². The zero-order valence-electron chi connectivity index (χ0n) is 17.1. The van der Waals surface area contributed by atoms with E-state index in [1.54, 1.807) is 0 Å². The molecule has 0 amide bonds. The highest BCUT2D eigenvalue weighted by Gasteiger charge is 1.95. The van der Waals surface area contributed by atoms with E-state index >= 15 is 0 Å². The summed E-state index contributed by atoms with van der Waals surface area (Å²) in [6.07, 6.45) is 21.6. The first kappa shape index (κ1) is 25.5. The van der Waals surface area contributed by atoms with Crippen LogP contribution in [-0.4, -0.2) is 13.1 Å². The molecule has 2 nitrogen and oxygen atoms in total. The summed E-state index contributed by atoms with van der Waals surface area (Å²) in [5, 5.41) is 0. The number of hydrogen-bond acceptors (Lipinski definition) is 2. The predicted molar refractivity (Wildman–Crippen MR) is 107 cm³/mol. The fraction of sp³-hybridized carbons (Fsp3) is 0.864. The third-order valence-electron chi connectivity index (χ3n) is 4.25. The maximum atomic E-state index is 9.84. The maximum Gasteiger partial charge on any atom is 0.329 e. The third kappa shape index (κ3) is 26.1. The fourth-order valence-corrected chi connectivity index (χ4v) is 2.65. The van der Waals surface area contributed by atoms with Crippen molar-refractivity contribution in [2.45, 2.75) is 111 Å². The van der Waals surface area contributed by atoms with Crippen molar-refractivity contribution >= 4 is 5.97 Å². The Morgan fingerprint density at radius 1 is 0.833 bits per heavy atom. The van der Waals surface area contributed by atoms with Gasteiger partial charge >= 0.3 is 5.97 Å². The maximum absolute atomic E-state index is 9.84. The molecule has 0 atom stereocenters. The molecule has 0 fully saturated rings. The van der Waals surface area contributed by atoms with Crippen LogP contribution >= 0.6 is 0 Å². The number of carbonyl (C=O) groups excluding carboxylic acids is 1. The molecule has 0 heterocycles. The lowest BCUT2D eigenvalue weighted by Crippen LogP contribution is -1.91. The van der Waals surface area contributed by atoms with E-state index in [1.165, 1.54) is 97.0 Å². The van der Waals surface area contributed by atoms with E-state index in [0.29, 0.717) is 0 Å². The third-order valence-corrected chi connectivity index (χ3v) is 4.25. The molecule has 24 heavy (non-hydrogen) atoms. The Balaban J connectivity index is 0. The van der Waals surface area contributed by atoms with Crippen LogP contribution in [0.2, 0.25) is 0 Å². The topological polar surface area (TPSA) is 26.3 Å². The molecule has 0 aromatic rings. The number of esters is 1. The number of unbranched alkanes of at least 4 members (excludes halogenated alkanes) is 12. The van der Waals surface area contributed by atoms with Crippen LogP contribution in [0.25, 0.3) is 0 Å². The van der Waals surface area contributed by atoms with Crippen molar-refractivity contribution < 1.29 is 9.53 Å². The highest BCUT2D eigenvalue weighted by Crippen LogP contribution is 2.14. The van der Waals surface area contributed by atoms with E-state index in [0.717, 1.165) is 12.0 Å². The lowest BCUT2D eigenvalue weighted by Gasteiger charge is -2.04. The average molecular weight is 341 g/mol. The Morgan fingerprint density at radius 2 is 1.21 bits per heavy atom. The Bertz CT molecular complexity index is 259. The zero-order chi connectivity index (χ0) is 18.5. The summed E-state index contributed by atoms with van der Waals surface area (Å²) in [6.45, 7) is 10.1.